The Morgan fingerprint density at radius 3 is 2.30 bits per heavy atom. The highest BCUT2D eigenvalue weighted by molar-refractivity contribution is 5.29. The van der Waals surface area contributed by atoms with E-state index in [9.17, 15) is 0 Å². The highest BCUT2D eigenvalue weighted by Crippen LogP contribution is 2.39. The summed E-state index contributed by atoms with van der Waals surface area (Å²) in [6.45, 7) is 10.5. The van der Waals surface area contributed by atoms with Crippen molar-refractivity contribution in [1.82, 2.24) is 0 Å². The monoisotopic (exact) mass is 277 g/mol. The lowest BCUT2D eigenvalue weighted by Crippen LogP contribution is -2.36. The number of ether oxygens (including phenoxy) is 2. The molecule has 20 heavy (non-hydrogen) atoms. The lowest BCUT2D eigenvalue weighted by molar-refractivity contribution is -0.0846. The van der Waals surface area contributed by atoms with Gasteiger partial charge in [0.2, 0.25) is 0 Å². The van der Waals surface area contributed by atoms with E-state index >= 15 is 0 Å². The zero-order chi connectivity index (χ0) is 15.0. The van der Waals surface area contributed by atoms with Crippen LogP contribution in [0.5, 0.6) is 5.75 Å². The predicted octanol–water partition coefficient (Wildman–Crippen LogP) is 3.82. The number of hydrogen-bond acceptors (Lipinski definition) is 3. The van der Waals surface area contributed by atoms with E-state index in [0.29, 0.717) is 0 Å². The normalized spacial score (nSPS) is 25.4. The van der Waals surface area contributed by atoms with Crippen LogP contribution >= 0.6 is 0 Å². The number of nitrogens with two attached hydrogens (primary N) is 1. The average molecular weight is 277 g/mol. The van der Waals surface area contributed by atoms with Gasteiger partial charge in [-0.1, -0.05) is 19.1 Å². The van der Waals surface area contributed by atoms with Crippen LogP contribution in [0.25, 0.3) is 0 Å². The summed E-state index contributed by atoms with van der Waals surface area (Å²) in [7, 11) is 0. The molecule has 0 amide bonds. The molecule has 2 atom stereocenters. The Bertz CT molecular complexity index is 451. The third-order valence-corrected chi connectivity index (χ3v) is 4.02. The molecule has 0 aromatic heterocycles. The fraction of sp³-hybridized carbons (Fsp3) is 0.647. The molecule has 3 nitrogen and oxygen atoms in total. The van der Waals surface area contributed by atoms with E-state index in [0.717, 1.165) is 24.2 Å². The molecule has 1 aliphatic rings. The van der Waals surface area contributed by atoms with Gasteiger partial charge in [-0.15, -0.1) is 0 Å². The first-order valence-corrected chi connectivity index (χ1v) is 7.46. The van der Waals surface area contributed by atoms with E-state index in [1.54, 1.807) is 0 Å². The molecule has 1 aromatic carbocycles. The molecule has 0 saturated carbocycles. The number of benzene rings is 1. The Hall–Kier alpha value is -1.06. The molecular weight excluding hydrogens is 250 g/mol. The molecule has 1 saturated heterocycles. The average Bonchev–Trinajstić information content (AvgIpc) is 2.57. The lowest BCUT2D eigenvalue weighted by Gasteiger charge is -2.27. The van der Waals surface area contributed by atoms with Crippen molar-refractivity contribution in [3.8, 4) is 5.75 Å². The van der Waals surface area contributed by atoms with Crippen molar-refractivity contribution in [3.05, 3.63) is 29.8 Å². The molecule has 1 aliphatic heterocycles. The molecule has 2 unspecified atom stereocenters. The van der Waals surface area contributed by atoms with Gasteiger partial charge in [0, 0.05) is 12.5 Å². The SMILES string of the molecule is CCC(N)c1ccc(OC2CC(C)(C)OC2(C)C)cc1. The van der Waals surface area contributed by atoms with E-state index in [4.69, 9.17) is 15.2 Å². The van der Waals surface area contributed by atoms with Gasteiger partial charge in [-0.3, -0.25) is 0 Å². The maximum absolute atomic E-state index is 6.13. The maximum atomic E-state index is 6.13. The summed E-state index contributed by atoms with van der Waals surface area (Å²) in [5.41, 5.74) is 6.79. The van der Waals surface area contributed by atoms with Crippen LogP contribution in [0.1, 0.15) is 59.1 Å². The highest BCUT2D eigenvalue weighted by Gasteiger charge is 2.47. The van der Waals surface area contributed by atoms with Crippen LogP contribution in [0.15, 0.2) is 24.3 Å². The minimum Gasteiger partial charge on any atom is -0.487 e. The maximum Gasteiger partial charge on any atom is 0.130 e. The Labute approximate surface area is 122 Å². The molecule has 3 heteroatoms. The van der Waals surface area contributed by atoms with Gasteiger partial charge in [0.1, 0.15) is 17.5 Å². The van der Waals surface area contributed by atoms with Gasteiger partial charge in [-0.05, 0) is 51.8 Å². The summed E-state index contributed by atoms with van der Waals surface area (Å²) in [5.74, 6) is 0.886. The van der Waals surface area contributed by atoms with Crippen LogP contribution in [0, 0.1) is 0 Å². The molecule has 1 aromatic rings. The van der Waals surface area contributed by atoms with Crippen LogP contribution in [-0.4, -0.2) is 17.3 Å². The molecule has 1 heterocycles. The summed E-state index contributed by atoms with van der Waals surface area (Å²) >= 11 is 0. The summed E-state index contributed by atoms with van der Waals surface area (Å²) in [5, 5.41) is 0. The second-order valence-corrected chi connectivity index (χ2v) is 6.86. The topological polar surface area (TPSA) is 44.5 Å². The van der Waals surface area contributed by atoms with Gasteiger partial charge in [-0.2, -0.15) is 0 Å². The summed E-state index contributed by atoms with van der Waals surface area (Å²) in [4.78, 5) is 0. The molecule has 0 spiro atoms. The van der Waals surface area contributed by atoms with E-state index in [2.05, 4.69) is 46.8 Å². The van der Waals surface area contributed by atoms with Crippen molar-refractivity contribution in [2.24, 2.45) is 5.73 Å². The van der Waals surface area contributed by atoms with Crippen LogP contribution in [0.4, 0.5) is 0 Å². The zero-order valence-electron chi connectivity index (χ0n) is 13.3. The van der Waals surface area contributed by atoms with Crippen molar-refractivity contribution < 1.29 is 9.47 Å². The fourth-order valence-corrected chi connectivity index (χ4v) is 2.89. The van der Waals surface area contributed by atoms with E-state index in [1.807, 2.05) is 12.1 Å². The van der Waals surface area contributed by atoms with Gasteiger partial charge in [-0.25, -0.2) is 0 Å². The lowest BCUT2D eigenvalue weighted by atomic mass is 9.97. The minimum absolute atomic E-state index is 0.0724. The molecule has 1 fully saturated rings. The third-order valence-electron chi connectivity index (χ3n) is 4.02. The van der Waals surface area contributed by atoms with Crippen molar-refractivity contribution in [1.29, 1.82) is 0 Å². The van der Waals surface area contributed by atoms with Crippen LogP contribution in [0.3, 0.4) is 0 Å². The smallest absolute Gasteiger partial charge is 0.130 e. The van der Waals surface area contributed by atoms with Gasteiger partial charge in [0.15, 0.2) is 0 Å². The largest absolute Gasteiger partial charge is 0.487 e. The Morgan fingerprint density at radius 2 is 1.85 bits per heavy atom. The third kappa shape index (κ3) is 3.33. The van der Waals surface area contributed by atoms with Gasteiger partial charge in [0.25, 0.3) is 0 Å². The summed E-state index contributed by atoms with van der Waals surface area (Å²) in [6.07, 6.45) is 1.91. The highest BCUT2D eigenvalue weighted by atomic mass is 16.6. The van der Waals surface area contributed by atoms with Crippen molar-refractivity contribution in [2.75, 3.05) is 0 Å². The fourth-order valence-electron chi connectivity index (χ4n) is 2.89. The first kappa shape index (κ1) is 15.3. The van der Waals surface area contributed by atoms with Crippen LogP contribution in [-0.2, 0) is 4.74 Å². The summed E-state index contributed by atoms with van der Waals surface area (Å²) < 4.78 is 12.2. The summed E-state index contributed by atoms with van der Waals surface area (Å²) in [6, 6.07) is 8.22. The van der Waals surface area contributed by atoms with Gasteiger partial charge >= 0.3 is 0 Å². The van der Waals surface area contributed by atoms with Gasteiger partial charge < -0.3 is 15.2 Å². The first-order chi connectivity index (χ1) is 9.23. The molecule has 0 bridgehead atoms. The van der Waals surface area contributed by atoms with Gasteiger partial charge in [0.05, 0.1) is 5.60 Å². The van der Waals surface area contributed by atoms with E-state index in [1.165, 1.54) is 0 Å². The Balaban J connectivity index is 2.07. The molecule has 2 N–H and O–H groups in total. The van der Waals surface area contributed by atoms with Crippen molar-refractivity contribution in [3.63, 3.8) is 0 Å². The van der Waals surface area contributed by atoms with Crippen LogP contribution in [0.2, 0.25) is 0 Å². The van der Waals surface area contributed by atoms with E-state index < -0.39 is 0 Å². The molecular formula is C17H27NO2. The molecule has 112 valence electrons. The zero-order valence-corrected chi connectivity index (χ0v) is 13.3. The standard InChI is InChI=1S/C17H27NO2/c1-6-14(18)12-7-9-13(10-8-12)19-15-11-16(2,3)20-17(15,4)5/h7-10,14-15H,6,11,18H2,1-5H3. The minimum atomic E-state index is -0.262. The number of rotatable bonds is 4. The molecule has 0 radical (unpaired) electrons. The Kier molecular flexibility index (Phi) is 4.12. The first-order valence-electron chi connectivity index (χ1n) is 7.46. The van der Waals surface area contributed by atoms with Crippen molar-refractivity contribution in [2.45, 2.75) is 70.8 Å². The van der Waals surface area contributed by atoms with E-state index in [-0.39, 0.29) is 23.3 Å². The molecule has 2 rings (SSSR count). The second-order valence-electron chi connectivity index (χ2n) is 6.86. The second kappa shape index (κ2) is 5.38. The molecule has 0 aliphatic carbocycles. The van der Waals surface area contributed by atoms with Crippen LogP contribution < -0.4 is 10.5 Å². The quantitative estimate of drug-likeness (QED) is 0.910. The Morgan fingerprint density at radius 1 is 1.25 bits per heavy atom. The van der Waals surface area contributed by atoms with Crippen molar-refractivity contribution >= 4 is 0 Å². The predicted molar refractivity (Wildman–Crippen MR) is 81.9 cm³/mol. The number of hydrogen-bond donors (Lipinski definition) is 1.